The Morgan fingerprint density at radius 3 is 2.93 bits per heavy atom. The van der Waals surface area contributed by atoms with Gasteiger partial charge in [-0.3, -0.25) is 0 Å². The molecule has 15 heavy (non-hydrogen) atoms. The van der Waals surface area contributed by atoms with Gasteiger partial charge in [-0.2, -0.15) is 5.26 Å². The van der Waals surface area contributed by atoms with E-state index in [-0.39, 0.29) is 6.10 Å². The minimum absolute atomic E-state index is 0.198. The van der Waals surface area contributed by atoms with E-state index in [1.54, 1.807) is 6.07 Å². The second-order valence-electron chi connectivity index (χ2n) is 3.47. The van der Waals surface area contributed by atoms with Gasteiger partial charge < -0.3 is 9.47 Å². The molecular weight excluding hydrogens is 190 g/mol. The maximum atomic E-state index is 8.71. The van der Waals surface area contributed by atoms with Crippen LogP contribution in [0.3, 0.4) is 0 Å². The lowest BCUT2D eigenvalue weighted by molar-refractivity contribution is 0.0254. The summed E-state index contributed by atoms with van der Waals surface area (Å²) in [7, 11) is 0. The van der Waals surface area contributed by atoms with Crippen LogP contribution >= 0.6 is 0 Å². The Balaban J connectivity index is 2.00. The predicted molar refractivity (Wildman–Crippen MR) is 54.5 cm³/mol. The zero-order valence-corrected chi connectivity index (χ0v) is 8.40. The number of ether oxygens (including phenoxy) is 2. The summed E-state index contributed by atoms with van der Waals surface area (Å²) < 4.78 is 11.0. The average molecular weight is 202 g/mol. The van der Waals surface area contributed by atoms with Gasteiger partial charge in [0.1, 0.15) is 11.9 Å². The van der Waals surface area contributed by atoms with Crippen molar-refractivity contribution in [3.05, 3.63) is 29.8 Å². The van der Waals surface area contributed by atoms with E-state index in [4.69, 9.17) is 14.7 Å². The van der Waals surface area contributed by atoms with Crippen molar-refractivity contribution in [1.82, 2.24) is 0 Å². The Morgan fingerprint density at radius 1 is 1.40 bits per heavy atom. The summed E-state index contributed by atoms with van der Waals surface area (Å²) in [6.07, 6.45) is 2.01. The van der Waals surface area contributed by atoms with Crippen molar-refractivity contribution in [1.29, 1.82) is 5.26 Å². The van der Waals surface area contributed by atoms with Crippen LogP contribution in [0.4, 0.5) is 0 Å². The largest absolute Gasteiger partial charge is 0.490 e. The smallest absolute Gasteiger partial charge is 0.129 e. The highest BCUT2D eigenvalue weighted by molar-refractivity contribution is 5.34. The van der Waals surface area contributed by atoms with E-state index in [9.17, 15) is 0 Å². The third-order valence-electron chi connectivity index (χ3n) is 2.35. The fourth-order valence-electron chi connectivity index (χ4n) is 1.56. The molecule has 77 valence electrons. The number of nitrogens with zero attached hydrogens (tertiary/aromatic N) is 1. The third-order valence-corrected chi connectivity index (χ3v) is 2.35. The fourth-order valence-corrected chi connectivity index (χ4v) is 1.56. The van der Waals surface area contributed by atoms with Gasteiger partial charge >= 0.3 is 0 Å². The number of nitriles is 1. The first-order chi connectivity index (χ1) is 7.38. The van der Waals surface area contributed by atoms with E-state index in [1.807, 2.05) is 18.2 Å². The number of hydrogen-bond donors (Lipinski definition) is 0. The van der Waals surface area contributed by atoms with E-state index >= 15 is 0 Å². The molecule has 1 fully saturated rings. The van der Waals surface area contributed by atoms with Crippen LogP contribution in [-0.4, -0.2) is 19.3 Å². The summed E-state index contributed by atoms with van der Waals surface area (Å²) in [6, 6.07) is 10.3. The van der Waals surface area contributed by atoms with Gasteiger partial charge in [-0.25, -0.2) is 0 Å². The first-order valence-corrected chi connectivity index (χ1v) is 5.05. The van der Waals surface area contributed by atoms with Crippen molar-refractivity contribution in [2.75, 3.05) is 13.2 Å². The molecule has 0 unspecified atom stereocenters. The lowest BCUT2D eigenvalue weighted by atomic mass is 10.1. The molecule has 1 aromatic carbocycles. The van der Waals surface area contributed by atoms with Crippen LogP contribution in [0.25, 0.3) is 0 Å². The fraction of sp³-hybridized carbons (Fsp3) is 0.417. The Labute approximate surface area is 89.2 Å². The first kappa shape index (κ1) is 10.0. The van der Waals surface area contributed by atoms with Gasteiger partial charge in [0, 0.05) is 18.9 Å². The summed E-state index contributed by atoms with van der Waals surface area (Å²) in [4.78, 5) is 0. The molecule has 0 bridgehead atoms. The van der Waals surface area contributed by atoms with E-state index in [2.05, 4.69) is 6.07 Å². The van der Waals surface area contributed by atoms with Crippen LogP contribution in [-0.2, 0) is 4.74 Å². The minimum Gasteiger partial charge on any atom is -0.490 e. The Kier molecular flexibility index (Phi) is 3.21. The molecule has 1 saturated heterocycles. The van der Waals surface area contributed by atoms with Crippen molar-refractivity contribution >= 4 is 0 Å². The Bertz CT molecular complexity index is 364. The van der Waals surface area contributed by atoms with Crippen molar-refractivity contribution < 1.29 is 9.47 Å². The molecular formula is C12H12NO2. The number of benzene rings is 1. The molecule has 0 spiro atoms. The quantitative estimate of drug-likeness (QED) is 0.735. The molecule has 0 N–H and O–H groups in total. The zero-order chi connectivity index (χ0) is 10.5. The molecule has 0 aromatic heterocycles. The molecule has 3 heteroatoms. The van der Waals surface area contributed by atoms with Crippen LogP contribution in [0, 0.1) is 17.4 Å². The molecule has 1 aliphatic heterocycles. The van der Waals surface area contributed by atoms with Gasteiger partial charge in [-0.15, -0.1) is 0 Å². The van der Waals surface area contributed by atoms with Crippen LogP contribution in [0.5, 0.6) is 5.75 Å². The average Bonchev–Trinajstić information content (AvgIpc) is 2.31. The Morgan fingerprint density at radius 2 is 2.20 bits per heavy atom. The molecule has 3 nitrogen and oxygen atoms in total. The molecule has 1 aliphatic rings. The third kappa shape index (κ3) is 2.71. The van der Waals surface area contributed by atoms with Crippen molar-refractivity contribution in [3.63, 3.8) is 0 Å². The van der Waals surface area contributed by atoms with Crippen molar-refractivity contribution in [2.45, 2.75) is 18.9 Å². The van der Waals surface area contributed by atoms with Gasteiger partial charge in [-0.1, -0.05) is 6.07 Å². The topological polar surface area (TPSA) is 42.2 Å². The first-order valence-electron chi connectivity index (χ1n) is 5.05. The van der Waals surface area contributed by atoms with Gasteiger partial charge in [0.05, 0.1) is 24.8 Å². The maximum Gasteiger partial charge on any atom is 0.129 e. The SMILES string of the molecule is N#Cc1[c]c(OC2CCOCC2)ccc1. The van der Waals surface area contributed by atoms with Crippen molar-refractivity contribution in [3.8, 4) is 11.8 Å². The standard InChI is InChI=1S/C12H12NO2/c13-9-10-2-1-3-12(8-10)15-11-4-6-14-7-5-11/h1-3,11H,4-7H2. The van der Waals surface area contributed by atoms with Crippen LogP contribution in [0.1, 0.15) is 18.4 Å². The van der Waals surface area contributed by atoms with Gasteiger partial charge in [-0.05, 0) is 12.1 Å². The summed E-state index contributed by atoms with van der Waals surface area (Å²) in [5.74, 6) is 0.654. The lowest BCUT2D eigenvalue weighted by Crippen LogP contribution is -2.25. The Hall–Kier alpha value is -1.53. The molecule has 0 saturated carbocycles. The normalized spacial score (nSPS) is 17.0. The summed E-state index contributed by atoms with van der Waals surface area (Å²) >= 11 is 0. The van der Waals surface area contributed by atoms with Gasteiger partial charge in [0.25, 0.3) is 0 Å². The second-order valence-corrected chi connectivity index (χ2v) is 3.47. The molecule has 0 aliphatic carbocycles. The van der Waals surface area contributed by atoms with E-state index in [0.29, 0.717) is 11.3 Å². The summed E-state index contributed by atoms with van der Waals surface area (Å²) in [5, 5.41) is 8.71. The molecule has 1 heterocycles. The molecule has 1 radical (unpaired) electrons. The van der Waals surface area contributed by atoms with Gasteiger partial charge in [0.2, 0.25) is 0 Å². The predicted octanol–water partition coefficient (Wildman–Crippen LogP) is 1.92. The van der Waals surface area contributed by atoms with E-state index in [0.717, 1.165) is 26.1 Å². The van der Waals surface area contributed by atoms with Crippen LogP contribution < -0.4 is 4.74 Å². The zero-order valence-electron chi connectivity index (χ0n) is 8.40. The van der Waals surface area contributed by atoms with Crippen LogP contribution in [0.15, 0.2) is 18.2 Å². The maximum absolute atomic E-state index is 8.71. The molecule has 2 rings (SSSR count). The lowest BCUT2D eigenvalue weighted by Gasteiger charge is -2.23. The highest BCUT2D eigenvalue weighted by Crippen LogP contribution is 2.18. The monoisotopic (exact) mass is 202 g/mol. The van der Waals surface area contributed by atoms with Crippen molar-refractivity contribution in [2.24, 2.45) is 0 Å². The molecule has 0 amide bonds. The van der Waals surface area contributed by atoms with Crippen LogP contribution in [0.2, 0.25) is 0 Å². The highest BCUT2D eigenvalue weighted by Gasteiger charge is 2.15. The molecule has 1 aromatic rings. The van der Waals surface area contributed by atoms with Gasteiger partial charge in [0.15, 0.2) is 0 Å². The summed E-state index contributed by atoms with van der Waals surface area (Å²) in [5.41, 5.74) is 0.513. The highest BCUT2D eigenvalue weighted by atomic mass is 16.5. The number of hydrogen-bond acceptors (Lipinski definition) is 3. The minimum atomic E-state index is 0.198. The van der Waals surface area contributed by atoms with E-state index < -0.39 is 0 Å². The summed E-state index contributed by atoms with van der Waals surface area (Å²) in [6.45, 7) is 1.51. The second kappa shape index (κ2) is 4.81. The molecule has 0 atom stereocenters. The number of rotatable bonds is 2. The van der Waals surface area contributed by atoms with E-state index in [1.165, 1.54) is 0 Å².